The normalized spacial score (nSPS) is 16.2. The zero-order chi connectivity index (χ0) is 29.0. The minimum atomic E-state index is -1.23. The molecule has 0 saturated heterocycles. The Bertz CT molecular complexity index is 1890. The number of carbonyl (C=O) groups is 1. The van der Waals surface area contributed by atoms with Gasteiger partial charge in [-0.2, -0.15) is 0 Å². The minimum absolute atomic E-state index is 0.336. The predicted octanol–water partition coefficient (Wildman–Crippen LogP) is 9.26. The molecule has 0 aliphatic carbocycles. The molecule has 5 aromatic carbocycles. The van der Waals surface area contributed by atoms with E-state index in [4.69, 9.17) is 21.1 Å². The van der Waals surface area contributed by atoms with Gasteiger partial charge in [0.2, 0.25) is 0 Å². The van der Waals surface area contributed by atoms with E-state index < -0.39 is 11.6 Å². The van der Waals surface area contributed by atoms with E-state index in [1.165, 1.54) is 12.1 Å². The number of aryl methyl sites for hydroxylation is 1. The number of esters is 1. The first-order chi connectivity index (χ1) is 20.4. The summed E-state index contributed by atoms with van der Waals surface area (Å²) in [6.07, 6.45) is 0. The van der Waals surface area contributed by atoms with Crippen LogP contribution in [0.5, 0.6) is 11.5 Å². The Morgan fingerprint density at radius 3 is 2.45 bits per heavy atom. The van der Waals surface area contributed by atoms with E-state index in [1.807, 2.05) is 79.7 Å². The van der Waals surface area contributed by atoms with Gasteiger partial charge in [0.25, 0.3) is 0 Å². The maximum absolute atomic E-state index is 14.0. The maximum atomic E-state index is 14.0. The maximum Gasteiger partial charge on any atom is 0.340 e. The lowest BCUT2D eigenvalue weighted by Crippen LogP contribution is -2.33. The monoisotopic (exact) mass is 576 g/mol. The van der Waals surface area contributed by atoms with Crippen molar-refractivity contribution in [2.75, 3.05) is 16.8 Å². The van der Waals surface area contributed by atoms with Crippen molar-refractivity contribution < 1.29 is 18.7 Å². The van der Waals surface area contributed by atoms with Gasteiger partial charge in [0.15, 0.2) is 5.60 Å². The van der Waals surface area contributed by atoms with Crippen LogP contribution in [0, 0.1) is 12.7 Å². The van der Waals surface area contributed by atoms with Crippen LogP contribution in [-0.2, 0) is 10.3 Å². The van der Waals surface area contributed by atoms with Gasteiger partial charge in [-0.3, -0.25) is 0 Å². The lowest BCUT2D eigenvalue weighted by atomic mass is 9.77. The van der Waals surface area contributed by atoms with Gasteiger partial charge in [0.1, 0.15) is 17.3 Å². The number of nitrogens with zero attached hydrogens (tertiary/aromatic N) is 1. The lowest BCUT2D eigenvalue weighted by Gasteiger charge is -2.38. The summed E-state index contributed by atoms with van der Waals surface area (Å²) < 4.78 is 26.9. The van der Waals surface area contributed by atoms with Crippen molar-refractivity contribution in [3.8, 4) is 11.5 Å². The molecule has 208 valence electrons. The van der Waals surface area contributed by atoms with Gasteiger partial charge in [-0.1, -0.05) is 48.0 Å². The van der Waals surface area contributed by atoms with Gasteiger partial charge >= 0.3 is 5.97 Å². The van der Waals surface area contributed by atoms with E-state index in [9.17, 15) is 9.18 Å². The summed E-state index contributed by atoms with van der Waals surface area (Å²) >= 11 is 6.57. The van der Waals surface area contributed by atoms with Crippen LogP contribution in [0.25, 0.3) is 0 Å². The molecule has 0 bridgehead atoms. The molecular formula is C35H26ClFN2O3. The summed E-state index contributed by atoms with van der Waals surface area (Å²) in [7, 11) is 0. The van der Waals surface area contributed by atoms with E-state index in [1.54, 1.807) is 18.2 Å². The number of halogens is 2. The number of rotatable bonds is 5. The molecule has 1 N–H and O–H groups in total. The molecule has 0 aromatic heterocycles. The Hall–Kier alpha value is -4.81. The van der Waals surface area contributed by atoms with Gasteiger partial charge in [0.05, 0.1) is 16.3 Å². The fourth-order valence-electron chi connectivity index (χ4n) is 6.00. The third-order valence-corrected chi connectivity index (χ3v) is 8.24. The molecule has 2 heterocycles. The predicted molar refractivity (Wildman–Crippen MR) is 163 cm³/mol. The van der Waals surface area contributed by atoms with Crippen molar-refractivity contribution in [3.63, 3.8) is 0 Å². The summed E-state index contributed by atoms with van der Waals surface area (Å²) in [4.78, 5) is 15.5. The second kappa shape index (κ2) is 9.93. The van der Waals surface area contributed by atoms with Gasteiger partial charge in [-0.25, -0.2) is 9.18 Å². The average molecular weight is 577 g/mol. The Kier molecular flexibility index (Phi) is 6.17. The molecule has 2 aliphatic rings. The molecule has 2 aliphatic heterocycles. The van der Waals surface area contributed by atoms with Crippen molar-refractivity contribution in [2.45, 2.75) is 19.4 Å². The molecule has 7 heteroatoms. The third kappa shape index (κ3) is 4.02. The van der Waals surface area contributed by atoms with Crippen LogP contribution in [-0.4, -0.2) is 12.5 Å². The van der Waals surface area contributed by atoms with Crippen LogP contribution in [0.2, 0.25) is 5.02 Å². The molecule has 0 fully saturated rings. The molecule has 0 radical (unpaired) electrons. The second-order valence-electron chi connectivity index (χ2n) is 10.4. The van der Waals surface area contributed by atoms with E-state index in [-0.39, 0.29) is 5.82 Å². The van der Waals surface area contributed by atoms with Crippen molar-refractivity contribution in [1.82, 2.24) is 0 Å². The third-order valence-electron chi connectivity index (χ3n) is 7.92. The Labute approximate surface area is 248 Å². The highest BCUT2D eigenvalue weighted by molar-refractivity contribution is 6.33. The Morgan fingerprint density at radius 2 is 1.64 bits per heavy atom. The highest BCUT2D eigenvalue weighted by Crippen LogP contribution is 2.57. The highest BCUT2D eigenvalue weighted by Gasteiger charge is 2.53. The largest absolute Gasteiger partial charge is 0.456 e. The zero-order valence-electron chi connectivity index (χ0n) is 22.9. The number of anilines is 4. The highest BCUT2D eigenvalue weighted by atomic mass is 35.5. The molecule has 1 unspecified atom stereocenters. The summed E-state index contributed by atoms with van der Waals surface area (Å²) in [5.41, 5.74) is 5.43. The van der Waals surface area contributed by atoms with Crippen LogP contribution in [0.4, 0.5) is 27.1 Å². The first-order valence-electron chi connectivity index (χ1n) is 13.7. The Balaban J connectivity index is 1.42. The molecule has 1 atom stereocenters. The quantitative estimate of drug-likeness (QED) is 0.211. The van der Waals surface area contributed by atoms with E-state index in [0.29, 0.717) is 45.4 Å². The topological polar surface area (TPSA) is 50.8 Å². The number of hydrogen-bond donors (Lipinski definition) is 1. The van der Waals surface area contributed by atoms with Crippen molar-refractivity contribution in [1.29, 1.82) is 0 Å². The first kappa shape index (κ1) is 26.1. The molecule has 7 rings (SSSR count). The lowest BCUT2D eigenvalue weighted by molar-refractivity contribution is 0.0224. The SMILES string of the molecule is CCN(c1ccc2c(c1)Oc1cc(C)c(Nc3cccc(F)c3)cc1C21OC(=O)c2ccccc21)c1ccccc1Cl. The minimum Gasteiger partial charge on any atom is -0.456 e. The number of ether oxygens (including phenoxy) is 2. The van der Waals surface area contributed by atoms with Gasteiger partial charge in [0, 0.05) is 46.4 Å². The molecule has 5 nitrogen and oxygen atoms in total. The second-order valence-corrected chi connectivity index (χ2v) is 10.8. The van der Waals surface area contributed by atoms with Gasteiger partial charge in [-0.05, 0) is 80.1 Å². The molecule has 1 spiro atoms. The molecular weight excluding hydrogens is 551 g/mol. The summed E-state index contributed by atoms with van der Waals surface area (Å²) in [5.74, 6) is 0.420. The zero-order valence-corrected chi connectivity index (χ0v) is 23.7. The summed E-state index contributed by atoms with van der Waals surface area (Å²) in [5, 5.41) is 3.97. The number of carbonyl (C=O) groups excluding carboxylic acids is 1. The van der Waals surface area contributed by atoms with Gasteiger partial charge in [-0.15, -0.1) is 0 Å². The first-order valence-corrected chi connectivity index (χ1v) is 14.1. The standard InChI is InChI=1S/C35H26ClFN2O3/c1-3-39(31-14-7-6-13-29(31)36)24-15-16-27-33(19-24)41-32-17-21(2)30(38-23-10-8-9-22(37)18-23)20-28(32)35(27)26-12-5-4-11-25(26)34(40)42-35/h4-20,38H,3H2,1-2H3. The molecule has 0 saturated carbocycles. The van der Waals surface area contributed by atoms with Crippen molar-refractivity contribution >= 4 is 40.3 Å². The molecule has 0 amide bonds. The van der Waals surface area contributed by atoms with Gasteiger partial charge < -0.3 is 19.7 Å². The van der Waals surface area contributed by atoms with E-state index in [2.05, 4.69) is 17.1 Å². The molecule has 5 aromatic rings. The number of para-hydroxylation sites is 1. The average Bonchev–Trinajstić information content (AvgIpc) is 3.28. The van der Waals surface area contributed by atoms with Crippen LogP contribution >= 0.6 is 11.6 Å². The number of fused-ring (bicyclic) bond motifs is 6. The van der Waals surface area contributed by atoms with Crippen LogP contribution in [0.3, 0.4) is 0 Å². The van der Waals surface area contributed by atoms with Crippen LogP contribution in [0.1, 0.15) is 39.5 Å². The summed E-state index contributed by atoms with van der Waals surface area (Å²) in [6, 6.07) is 31.2. The molecule has 42 heavy (non-hydrogen) atoms. The van der Waals surface area contributed by atoms with Crippen molar-refractivity contribution in [3.05, 3.63) is 142 Å². The fourth-order valence-corrected chi connectivity index (χ4v) is 6.23. The smallest absolute Gasteiger partial charge is 0.340 e. The fraction of sp³-hybridized carbons (Fsp3) is 0.114. The number of benzene rings is 5. The van der Waals surface area contributed by atoms with E-state index in [0.717, 1.165) is 28.2 Å². The van der Waals surface area contributed by atoms with Crippen LogP contribution < -0.4 is 15.0 Å². The van der Waals surface area contributed by atoms with Crippen molar-refractivity contribution in [2.24, 2.45) is 0 Å². The number of nitrogens with one attached hydrogen (secondary N) is 1. The Morgan fingerprint density at radius 1 is 0.857 bits per heavy atom. The summed E-state index contributed by atoms with van der Waals surface area (Å²) in [6.45, 7) is 4.69. The number of hydrogen-bond acceptors (Lipinski definition) is 5. The van der Waals surface area contributed by atoms with E-state index >= 15 is 0 Å². The van der Waals surface area contributed by atoms with Crippen LogP contribution in [0.15, 0.2) is 103 Å².